The van der Waals surface area contributed by atoms with Crippen LogP contribution in [0.5, 0.6) is 0 Å². The highest BCUT2D eigenvalue weighted by Crippen LogP contribution is 2.27. The summed E-state index contributed by atoms with van der Waals surface area (Å²) in [6.45, 7) is 7.07. The molecule has 1 aromatic carbocycles. The summed E-state index contributed by atoms with van der Waals surface area (Å²) in [7, 11) is 1.71. The monoisotopic (exact) mass is 404 g/mol. The zero-order valence-electron chi connectivity index (χ0n) is 14.4. The second-order valence-corrected chi connectivity index (χ2v) is 7.88. The lowest BCUT2D eigenvalue weighted by atomic mass is 10.2. The van der Waals surface area contributed by atoms with Crippen molar-refractivity contribution in [3.8, 4) is 0 Å². The third-order valence-electron chi connectivity index (χ3n) is 4.00. The fourth-order valence-corrected chi connectivity index (χ4v) is 3.14. The van der Waals surface area contributed by atoms with E-state index in [0.717, 1.165) is 18.6 Å². The molecular formula is C17H23BrF2N2O2. The Morgan fingerprint density at radius 3 is 2.62 bits per heavy atom. The van der Waals surface area contributed by atoms with Crippen molar-refractivity contribution >= 4 is 22.0 Å². The Hall–Kier alpha value is -1.21. The molecule has 24 heavy (non-hydrogen) atoms. The molecule has 0 radical (unpaired) electrons. The summed E-state index contributed by atoms with van der Waals surface area (Å²) in [6.07, 6.45) is 0.400. The van der Waals surface area contributed by atoms with Crippen LogP contribution in [0.2, 0.25) is 0 Å². The smallest absolute Gasteiger partial charge is 0.410 e. The van der Waals surface area contributed by atoms with E-state index >= 15 is 0 Å². The van der Waals surface area contributed by atoms with Gasteiger partial charge in [0.25, 0.3) is 0 Å². The molecule has 1 aliphatic rings. The van der Waals surface area contributed by atoms with Gasteiger partial charge in [0.1, 0.15) is 17.2 Å². The minimum atomic E-state index is -0.542. The Kier molecular flexibility index (Phi) is 5.86. The second-order valence-electron chi connectivity index (χ2n) is 7.09. The molecule has 0 aliphatic carbocycles. The Bertz CT molecular complexity index is 619. The SMILES string of the molecule is CN(C(=O)OC(C)(C)C)C1CCN(Cc2c(F)ccc(F)c2Br)C1. The van der Waals surface area contributed by atoms with E-state index in [-0.39, 0.29) is 16.6 Å². The van der Waals surface area contributed by atoms with Gasteiger partial charge in [-0.25, -0.2) is 13.6 Å². The molecule has 1 amide bonds. The number of amides is 1. The second kappa shape index (κ2) is 7.35. The average molecular weight is 405 g/mol. The van der Waals surface area contributed by atoms with E-state index in [1.807, 2.05) is 25.7 Å². The molecule has 1 saturated heterocycles. The first kappa shape index (κ1) is 19.1. The molecule has 1 aliphatic heterocycles. The predicted molar refractivity (Wildman–Crippen MR) is 91.7 cm³/mol. The minimum absolute atomic E-state index is 0.00440. The number of carbonyl (C=O) groups excluding carboxylic acids is 1. The van der Waals surface area contributed by atoms with E-state index < -0.39 is 17.2 Å². The van der Waals surface area contributed by atoms with Gasteiger partial charge >= 0.3 is 6.09 Å². The van der Waals surface area contributed by atoms with Gasteiger partial charge in [-0.1, -0.05) is 0 Å². The highest BCUT2D eigenvalue weighted by atomic mass is 79.9. The zero-order valence-corrected chi connectivity index (χ0v) is 16.0. The first-order valence-electron chi connectivity index (χ1n) is 7.89. The highest BCUT2D eigenvalue weighted by Gasteiger charge is 2.31. The summed E-state index contributed by atoms with van der Waals surface area (Å²) in [5.74, 6) is -0.916. The van der Waals surface area contributed by atoms with Crippen molar-refractivity contribution < 1.29 is 18.3 Å². The molecule has 1 heterocycles. The molecule has 1 aromatic rings. The van der Waals surface area contributed by atoms with E-state index in [1.165, 1.54) is 0 Å². The van der Waals surface area contributed by atoms with Gasteiger partial charge in [0.2, 0.25) is 0 Å². The largest absolute Gasteiger partial charge is 0.444 e. The van der Waals surface area contributed by atoms with Crippen LogP contribution in [0.25, 0.3) is 0 Å². The van der Waals surface area contributed by atoms with Crippen LogP contribution in [0.4, 0.5) is 13.6 Å². The Morgan fingerprint density at radius 2 is 2.00 bits per heavy atom. The topological polar surface area (TPSA) is 32.8 Å². The Balaban J connectivity index is 1.99. The quantitative estimate of drug-likeness (QED) is 0.708. The first-order valence-corrected chi connectivity index (χ1v) is 8.68. The Labute approximate surface area is 149 Å². The molecule has 0 bridgehead atoms. The fourth-order valence-electron chi connectivity index (χ4n) is 2.69. The first-order chi connectivity index (χ1) is 11.1. The van der Waals surface area contributed by atoms with E-state index in [9.17, 15) is 13.6 Å². The number of likely N-dealkylation sites (N-methyl/N-ethyl adjacent to an activating group) is 1. The van der Waals surface area contributed by atoms with E-state index in [2.05, 4.69) is 15.9 Å². The maximum atomic E-state index is 13.9. The number of hydrogen-bond donors (Lipinski definition) is 0. The minimum Gasteiger partial charge on any atom is -0.444 e. The van der Waals surface area contributed by atoms with Crippen LogP contribution < -0.4 is 0 Å². The van der Waals surface area contributed by atoms with Crippen LogP contribution in [0.15, 0.2) is 16.6 Å². The number of nitrogens with zero attached hydrogens (tertiary/aromatic N) is 2. The molecule has 0 N–H and O–H groups in total. The molecule has 4 nitrogen and oxygen atoms in total. The summed E-state index contributed by atoms with van der Waals surface area (Å²) in [5, 5.41) is 0. The van der Waals surface area contributed by atoms with Crippen molar-refractivity contribution in [2.24, 2.45) is 0 Å². The lowest BCUT2D eigenvalue weighted by Crippen LogP contribution is -2.42. The van der Waals surface area contributed by atoms with Crippen LogP contribution in [-0.4, -0.2) is 47.7 Å². The molecule has 0 spiro atoms. The van der Waals surface area contributed by atoms with Crippen LogP contribution in [-0.2, 0) is 11.3 Å². The summed E-state index contributed by atoms with van der Waals surface area (Å²) in [4.78, 5) is 15.7. The van der Waals surface area contributed by atoms with Crippen molar-refractivity contribution in [2.75, 3.05) is 20.1 Å². The molecule has 134 valence electrons. The summed E-state index contributed by atoms with van der Waals surface area (Å²) >= 11 is 3.11. The van der Waals surface area contributed by atoms with Crippen molar-refractivity contribution in [3.05, 3.63) is 33.8 Å². The van der Waals surface area contributed by atoms with Crippen molar-refractivity contribution in [1.82, 2.24) is 9.80 Å². The maximum absolute atomic E-state index is 13.9. The molecular weight excluding hydrogens is 382 g/mol. The van der Waals surface area contributed by atoms with Gasteiger partial charge in [-0.15, -0.1) is 0 Å². The van der Waals surface area contributed by atoms with E-state index in [0.29, 0.717) is 25.2 Å². The predicted octanol–water partition coefficient (Wildman–Crippen LogP) is 4.17. The van der Waals surface area contributed by atoms with Gasteiger partial charge in [-0.2, -0.15) is 0 Å². The molecule has 1 fully saturated rings. The fraction of sp³-hybridized carbons (Fsp3) is 0.588. The van der Waals surface area contributed by atoms with E-state index in [1.54, 1.807) is 11.9 Å². The maximum Gasteiger partial charge on any atom is 0.410 e. The number of hydrogen-bond acceptors (Lipinski definition) is 3. The number of halogens is 3. The highest BCUT2D eigenvalue weighted by molar-refractivity contribution is 9.10. The summed E-state index contributed by atoms with van der Waals surface area (Å²) < 4.78 is 33.1. The average Bonchev–Trinajstić information content (AvgIpc) is 2.93. The normalized spacial score (nSPS) is 18.7. The van der Waals surface area contributed by atoms with Gasteiger partial charge < -0.3 is 9.64 Å². The summed E-state index contributed by atoms with van der Waals surface area (Å²) in [6, 6.07) is 2.23. The molecule has 2 rings (SSSR count). The van der Waals surface area contributed by atoms with Gasteiger partial charge in [0.05, 0.1) is 4.47 Å². The van der Waals surface area contributed by atoms with E-state index in [4.69, 9.17) is 4.74 Å². The van der Waals surface area contributed by atoms with Crippen LogP contribution in [0.1, 0.15) is 32.8 Å². The number of benzene rings is 1. The lowest BCUT2D eigenvalue weighted by molar-refractivity contribution is 0.0228. The van der Waals surface area contributed by atoms with Crippen LogP contribution >= 0.6 is 15.9 Å². The molecule has 0 aromatic heterocycles. The number of carbonyl (C=O) groups is 1. The van der Waals surface area contributed by atoms with Gasteiger partial charge in [-0.3, -0.25) is 4.90 Å². The van der Waals surface area contributed by atoms with Crippen molar-refractivity contribution in [3.63, 3.8) is 0 Å². The van der Waals surface area contributed by atoms with Gasteiger partial charge in [0.15, 0.2) is 0 Å². The van der Waals surface area contributed by atoms with Crippen molar-refractivity contribution in [1.29, 1.82) is 0 Å². The number of rotatable bonds is 3. The van der Waals surface area contributed by atoms with Gasteiger partial charge in [-0.05, 0) is 55.3 Å². The summed E-state index contributed by atoms with van der Waals surface area (Å²) in [5.41, 5.74) is -0.241. The molecule has 7 heteroatoms. The van der Waals surface area contributed by atoms with Crippen LogP contribution in [0, 0.1) is 11.6 Å². The standard InChI is InChI=1S/C17H23BrF2N2O2/c1-17(2,3)24-16(23)21(4)11-7-8-22(9-11)10-12-13(19)5-6-14(20)15(12)18/h5-6,11H,7-10H2,1-4H3. The van der Waals surface area contributed by atoms with Crippen LogP contribution in [0.3, 0.4) is 0 Å². The third kappa shape index (κ3) is 4.66. The number of likely N-dealkylation sites (tertiary alicyclic amines) is 1. The lowest BCUT2D eigenvalue weighted by Gasteiger charge is -2.28. The molecule has 1 atom stereocenters. The third-order valence-corrected chi connectivity index (χ3v) is 4.85. The van der Waals surface area contributed by atoms with Crippen molar-refractivity contribution in [2.45, 2.75) is 45.4 Å². The Morgan fingerprint density at radius 1 is 1.38 bits per heavy atom. The molecule has 0 saturated carbocycles. The zero-order chi connectivity index (χ0) is 18.1. The van der Waals surface area contributed by atoms with Gasteiger partial charge in [0, 0.05) is 38.3 Å². The molecule has 1 unspecified atom stereocenters. The number of ether oxygens (including phenoxy) is 1.